The molecular weight excluding hydrogens is 314 g/mol. The van der Waals surface area contributed by atoms with Gasteiger partial charge in [-0.2, -0.15) is 0 Å². The van der Waals surface area contributed by atoms with Crippen molar-refractivity contribution >= 4 is 37.5 Å². The van der Waals surface area contributed by atoms with E-state index in [-0.39, 0.29) is 15.4 Å². The van der Waals surface area contributed by atoms with E-state index >= 15 is 0 Å². The van der Waals surface area contributed by atoms with E-state index in [9.17, 15) is 10.1 Å². The quantitative estimate of drug-likeness (QED) is 0.484. The second-order valence-electron chi connectivity index (χ2n) is 3.02. The zero-order valence-corrected chi connectivity index (χ0v) is 10.7. The van der Waals surface area contributed by atoms with Crippen LogP contribution >= 0.6 is 31.9 Å². The zero-order chi connectivity index (χ0) is 10.7. The van der Waals surface area contributed by atoms with Crippen molar-refractivity contribution in [3.63, 3.8) is 0 Å². The van der Waals surface area contributed by atoms with Gasteiger partial charge in [-0.3, -0.25) is 10.1 Å². The number of hydrogen-bond donors (Lipinski definition) is 0. The second kappa shape index (κ2) is 4.89. The van der Waals surface area contributed by atoms with Gasteiger partial charge in [0.25, 0.3) is 5.69 Å². The van der Waals surface area contributed by atoms with Crippen molar-refractivity contribution in [2.75, 3.05) is 0 Å². The lowest BCUT2D eigenvalue weighted by atomic mass is 10.1. The van der Waals surface area contributed by atoms with Crippen LogP contribution in [0.1, 0.15) is 12.5 Å². The minimum atomic E-state index is -0.350. The third-order valence-electron chi connectivity index (χ3n) is 1.74. The van der Waals surface area contributed by atoms with E-state index < -0.39 is 0 Å². The van der Waals surface area contributed by atoms with Crippen LogP contribution in [0.25, 0.3) is 0 Å². The van der Waals surface area contributed by atoms with Crippen LogP contribution in [0.3, 0.4) is 0 Å². The Labute approximate surface area is 98.9 Å². The maximum atomic E-state index is 10.7. The van der Waals surface area contributed by atoms with Gasteiger partial charge in [0.2, 0.25) is 0 Å². The molecule has 0 radical (unpaired) electrons. The summed E-state index contributed by atoms with van der Waals surface area (Å²) in [6, 6.07) is 4.99. The van der Waals surface area contributed by atoms with E-state index in [1.54, 1.807) is 12.1 Å². The molecule has 5 heteroatoms. The highest BCUT2D eigenvalue weighted by Gasteiger charge is 2.14. The Kier molecular flexibility index (Phi) is 4.07. The van der Waals surface area contributed by atoms with Crippen molar-refractivity contribution in [1.29, 1.82) is 0 Å². The molecular formula is C9H9Br2NO2. The van der Waals surface area contributed by atoms with Gasteiger partial charge in [-0.05, 0) is 18.6 Å². The van der Waals surface area contributed by atoms with Gasteiger partial charge in [0.1, 0.15) is 0 Å². The first kappa shape index (κ1) is 11.7. The maximum absolute atomic E-state index is 10.7. The highest BCUT2D eigenvalue weighted by molar-refractivity contribution is 9.10. The number of hydrogen-bond acceptors (Lipinski definition) is 2. The Balaban J connectivity index is 3.09. The van der Waals surface area contributed by atoms with Gasteiger partial charge in [0, 0.05) is 20.9 Å². The molecule has 1 aromatic rings. The summed E-state index contributed by atoms with van der Waals surface area (Å²) in [6.07, 6.45) is 0.649. The largest absolute Gasteiger partial charge is 0.272 e. The van der Waals surface area contributed by atoms with Crippen LogP contribution in [0.4, 0.5) is 5.69 Å². The number of benzene rings is 1. The van der Waals surface area contributed by atoms with E-state index in [0.29, 0.717) is 6.42 Å². The molecule has 1 aromatic carbocycles. The molecule has 0 aliphatic rings. The van der Waals surface area contributed by atoms with Crippen LogP contribution < -0.4 is 0 Å². The van der Waals surface area contributed by atoms with Crippen molar-refractivity contribution in [2.45, 2.75) is 18.2 Å². The molecule has 0 heterocycles. The lowest BCUT2D eigenvalue weighted by Crippen LogP contribution is -2.01. The van der Waals surface area contributed by atoms with Crippen LogP contribution in [-0.2, 0) is 6.42 Å². The minimum Gasteiger partial charge on any atom is -0.258 e. The lowest BCUT2D eigenvalue weighted by Gasteiger charge is -2.04. The number of rotatable bonds is 3. The molecule has 0 aromatic heterocycles. The molecule has 0 fully saturated rings. The number of halogens is 2. The maximum Gasteiger partial charge on any atom is 0.272 e. The SMILES string of the molecule is CC(Br)Cc1cc(Br)ccc1[N+](=O)[O-]. The highest BCUT2D eigenvalue weighted by atomic mass is 79.9. The van der Waals surface area contributed by atoms with Crippen LogP contribution in [0, 0.1) is 10.1 Å². The predicted octanol–water partition coefficient (Wildman–Crippen LogP) is 3.68. The van der Waals surface area contributed by atoms with Gasteiger partial charge in [-0.15, -0.1) is 0 Å². The summed E-state index contributed by atoms with van der Waals surface area (Å²) in [6.45, 7) is 1.96. The molecule has 1 rings (SSSR count). The first-order valence-electron chi connectivity index (χ1n) is 4.07. The standard InChI is InChI=1S/C9H9Br2NO2/c1-6(10)4-7-5-8(11)2-3-9(7)12(13)14/h2-3,5-6H,4H2,1H3. The summed E-state index contributed by atoms with van der Waals surface area (Å²) >= 11 is 6.68. The summed E-state index contributed by atoms with van der Waals surface area (Å²) in [7, 11) is 0. The monoisotopic (exact) mass is 321 g/mol. The van der Waals surface area contributed by atoms with Gasteiger partial charge in [-0.25, -0.2) is 0 Å². The normalized spacial score (nSPS) is 12.5. The first-order valence-corrected chi connectivity index (χ1v) is 5.78. The fourth-order valence-electron chi connectivity index (χ4n) is 1.20. The molecule has 1 atom stereocenters. The van der Waals surface area contributed by atoms with E-state index in [0.717, 1.165) is 10.0 Å². The van der Waals surface area contributed by atoms with E-state index in [1.165, 1.54) is 6.07 Å². The Morgan fingerprint density at radius 3 is 2.71 bits per heavy atom. The van der Waals surface area contributed by atoms with E-state index in [1.807, 2.05) is 6.92 Å². The first-order chi connectivity index (χ1) is 6.50. The second-order valence-corrected chi connectivity index (χ2v) is 5.49. The van der Waals surface area contributed by atoms with Crippen LogP contribution in [0.2, 0.25) is 0 Å². The molecule has 0 N–H and O–H groups in total. The summed E-state index contributed by atoms with van der Waals surface area (Å²) in [5, 5.41) is 10.7. The predicted molar refractivity (Wildman–Crippen MR) is 62.9 cm³/mol. The molecule has 76 valence electrons. The Bertz CT molecular complexity index is 353. The molecule has 14 heavy (non-hydrogen) atoms. The van der Waals surface area contributed by atoms with Gasteiger partial charge in [0.15, 0.2) is 0 Å². The molecule has 0 spiro atoms. The fourth-order valence-corrected chi connectivity index (χ4v) is 1.96. The Hall–Kier alpha value is -0.420. The molecule has 1 unspecified atom stereocenters. The van der Waals surface area contributed by atoms with Crippen LogP contribution in [0.5, 0.6) is 0 Å². The Morgan fingerprint density at radius 2 is 2.21 bits per heavy atom. The van der Waals surface area contributed by atoms with Crippen LogP contribution in [-0.4, -0.2) is 9.75 Å². The molecule has 0 aliphatic heterocycles. The van der Waals surface area contributed by atoms with Gasteiger partial charge in [-0.1, -0.05) is 38.8 Å². The molecule has 0 bridgehead atoms. The topological polar surface area (TPSA) is 43.1 Å². The van der Waals surface area contributed by atoms with E-state index in [4.69, 9.17) is 0 Å². The van der Waals surface area contributed by atoms with Gasteiger partial charge in [0.05, 0.1) is 4.92 Å². The van der Waals surface area contributed by atoms with E-state index in [2.05, 4.69) is 31.9 Å². The smallest absolute Gasteiger partial charge is 0.258 e. The zero-order valence-electron chi connectivity index (χ0n) is 7.54. The Morgan fingerprint density at radius 1 is 1.57 bits per heavy atom. The fraction of sp³-hybridized carbons (Fsp3) is 0.333. The summed E-state index contributed by atoms with van der Waals surface area (Å²) < 4.78 is 0.867. The molecule has 3 nitrogen and oxygen atoms in total. The summed E-state index contributed by atoms with van der Waals surface area (Å²) in [5.41, 5.74) is 0.924. The average molecular weight is 323 g/mol. The molecule has 0 saturated carbocycles. The molecule has 0 aliphatic carbocycles. The van der Waals surface area contributed by atoms with Crippen molar-refractivity contribution in [3.8, 4) is 0 Å². The van der Waals surface area contributed by atoms with Crippen molar-refractivity contribution in [1.82, 2.24) is 0 Å². The van der Waals surface area contributed by atoms with Crippen molar-refractivity contribution in [3.05, 3.63) is 38.3 Å². The third-order valence-corrected chi connectivity index (χ3v) is 2.56. The average Bonchev–Trinajstić information content (AvgIpc) is 2.01. The number of nitro benzene ring substituents is 1. The summed E-state index contributed by atoms with van der Waals surface area (Å²) in [5.74, 6) is 0. The third kappa shape index (κ3) is 3.06. The number of nitro groups is 1. The van der Waals surface area contributed by atoms with Crippen molar-refractivity contribution in [2.24, 2.45) is 0 Å². The van der Waals surface area contributed by atoms with Crippen molar-refractivity contribution < 1.29 is 4.92 Å². The van der Waals surface area contributed by atoms with Crippen LogP contribution in [0.15, 0.2) is 22.7 Å². The lowest BCUT2D eigenvalue weighted by molar-refractivity contribution is -0.385. The molecule has 0 amide bonds. The number of alkyl halides is 1. The molecule has 0 saturated heterocycles. The number of nitrogens with zero attached hydrogens (tertiary/aromatic N) is 1. The minimum absolute atomic E-state index is 0.180. The van der Waals surface area contributed by atoms with Gasteiger partial charge < -0.3 is 0 Å². The highest BCUT2D eigenvalue weighted by Crippen LogP contribution is 2.25. The van der Waals surface area contributed by atoms with Gasteiger partial charge >= 0.3 is 0 Å². The summed E-state index contributed by atoms with van der Waals surface area (Å²) in [4.78, 5) is 10.6.